The van der Waals surface area contributed by atoms with Gasteiger partial charge in [0.25, 0.3) is 0 Å². The summed E-state index contributed by atoms with van der Waals surface area (Å²) >= 11 is 1.71. The van der Waals surface area contributed by atoms with E-state index in [1.807, 2.05) is 12.1 Å². The van der Waals surface area contributed by atoms with Crippen molar-refractivity contribution in [2.24, 2.45) is 0 Å². The zero-order chi connectivity index (χ0) is 21.0. The molecule has 0 atom stereocenters. The number of aliphatic carboxylic acids is 1. The first kappa shape index (κ1) is 21.1. The van der Waals surface area contributed by atoms with Gasteiger partial charge in [0.05, 0.1) is 17.2 Å². The number of carbonyl (C=O) groups is 1. The molecule has 3 aromatic rings. The fraction of sp³-hybridized carbons (Fsp3) is 0.389. The number of halogens is 3. The van der Waals surface area contributed by atoms with Crippen LogP contribution in [-0.2, 0) is 30.8 Å². The van der Waals surface area contributed by atoms with Crippen molar-refractivity contribution >= 4 is 17.3 Å². The van der Waals surface area contributed by atoms with E-state index >= 15 is 0 Å². The summed E-state index contributed by atoms with van der Waals surface area (Å²) in [6, 6.07) is 4.06. The third kappa shape index (κ3) is 5.67. The quantitative estimate of drug-likeness (QED) is 0.685. The maximum atomic E-state index is 10.6. The Morgan fingerprint density at radius 3 is 2.59 bits per heavy atom. The van der Waals surface area contributed by atoms with Gasteiger partial charge in [-0.3, -0.25) is 4.90 Å². The van der Waals surface area contributed by atoms with Crippen LogP contribution in [0.4, 0.5) is 13.2 Å². The number of carboxylic acid groups (broad SMARTS) is 1. The SMILES string of the molecule is Cc1nc(CN2CCc3onc(Cn4cccc4)c3C2)cs1.O=C(O)C(F)(F)F. The lowest BCUT2D eigenvalue weighted by atomic mass is 10.1. The smallest absolute Gasteiger partial charge is 0.475 e. The highest BCUT2D eigenvalue weighted by Gasteiger charge is 2.38. The first-order chi connectivity index (χ1) is 13.7. The Balaban J connectivity index is 0.000000298. The lowest BCUT2D eigenvalue weighted by Gasteiger charge is -2.25. The number of thiazole rings is 1. The molecule has 0 fully saturated rings. The van der Waals surface area contributed by atoms with Crippen molar-refractivity contribution < 1.29 is 27.6 Å². The molecule has 1 N–H and O–H groups in total. The van der Waals surface area contributed by atoms with Crippen molar-refractivity contribution in [2.75, 3.05) is 6.54 Å². The van der Waals surface area contributed by atoms with E-state index in [9.17, 15) is 13.2 Å². The van der Waals surface area contributed by atoms with E-state index < -0.39 is 12.1 Å². The zero-order valence-corrected chi connectivity index (χ0v) is 16.3. The van der Waals surface area contributed by atoms with Crippen LogP contribution in [0.1, 0.15) is 27.7 Å². The van der Waals surface area contributed by atoms with Crippen molar-refractivity contribution in [2.45, 2.75) is 39.2 Å². The monoisotopic (exact) mass is 428 g/mol. The van der Waals surface area contributed by atoms with Gasteiger partial charge in [-0.2, -0.15) is 13.2 Å². The highest BCUT2D eigenvalue weighted by molar-refractivity contribution is 7.09. The maximum absolute atomic E-state index is 10.6. The number of alkyl halides is 3. The summed E-state index contributed by atoms with van der Waals surface area (Å²) in [4.78, 5) is 15.9. The van der Waals surface area contributed by atoms with E-state index in [0.29, 0.717) is 0 Å². The first-order valence-corrected chi connectivity index (χ1v) is 9.61. The molecule has 0 saturated heterocycles. The molecular weight excluding hydrogens is 409 g/mol. The normalized spacial score (nSPS) is 14.2. The fourth-order valence-electron chi connectivity index (χ4n) is 2.94. The predicted molar refractivity (Wildman–Crippen MR) is 98.4 cm³/mol. The van der Waals surface area contributed by atoms with Crippen molar-refractivity contribution in [3.63, 3.8) is 0 Å². The molecule has 0 bridgehead atoms. The van der Waals surface area contributed by atoms with Crippen LogP contribution in [0.15, 0.2) is 34.4 Å². The summed E-state index contributed by atoms with van der Waals surface area (Å²) in [5, 5.41) is 14.7. The highest BCUT2D eigenvalue weighted by Crippen LogP contribution is 2.24. The molecule has 11 heteroatoms. The largest absolute Gasteiger partial charge is 0.490 e. The number of carboxylic acids is 1. The summed E-state index contributed by atoms with van der Waals surface area (Å²) in [5.74, 6) is -1.71. The molecule has 4 rings (SSSR count). The highest BCUT2D eigenvalue weighted by atomic mass is 32.1. The molecule has 156 valence electrons. The molecule has 1 aliphatic rings. The van der Waals surface area contributed by atoms with Gasteiger partial charge < -0.3 is 14.2 Å². The molecule has 1 aliphatic heterocycles. The lowest BCUT2D eigenvalue weighted by Crippen LogP contribution is -2.30. The molecule has 0 radical (unpaired) electrons. The summed E-state index contributed by atoms with van der Waals surface area (Å²) in [6.07, 6.45) is -0.0451. The molecule has 0 saturated carbocycles. The van der Waals surface area contributed by atoms with E-state index in [-0.39, 0.29) is 0 Å². The molecule has 0 amide bonds. The van der Waals surface area contributed by atoms with Crippen LogP contribution in [0.5, 0.6) is 0 Å². The van der Waals surface area contributed by atoms with Gasteiger partial charge in [-0.05, 0) is 19.1 Å². The van der Waals surface area contributed by atoms with Crippen molar-refractivity contribution in [3.8, 4) is 0 Å². The minimum Gasteiger partial charge on any atom is -0.475 e. The molecule has 3 aromatic heterocycles. The summed E-state index contributed by atoms with van der Waals surface area (Å²) in [5.41, 5.74) is 3.46. The van der Waals surface area contributed by atoms with Crippen LogP contribution in [0.3, 0.4) is 0 Å². The van der Waals surface area contributed by atoms with E-state index in [0.717, 1.165) is 54.8 Å². The number of hydrogen-bond donors (Lipinski definition) is 1. The number of nitrogens with zero attached hydrogens (tertiary/aromatic N) is 4. The van der Waals surface area contributed by atoms with Crippen molar-refractivity contribution in [1.29, 1.82) is 0 Å². The van der Waals surface area contributed by atoms with Crippen LogP contribution in [0, 0.1) is 6.92 Å². The van der Waals surface area contributed by atoms with E-state index in [4.69, 9.17) is 14.4 Å². The average molecular weight is 428 g/mol. The summed E-state index contributed by atoms with van der Waals surface area (Å²) < 4.78 is 39.4. The van der Waals surface area contributed by atoms with Crippen LogP contribution in [-0.4, -0.2) is 43.4 Å². The van der Waals surface area contributed by atoms with Gasteiger partial charge in [0.1, 0.15) is 11.5 Å². The van der Waals surface area contributed by atoms with Crippen LogP contribution >= 0.6 is 11.3 Å². The molecule has 0 aromatic carbocycles. The van der Waals surface area contributed by atoms with Crippen molar-refractivity contribution in [1.82, 2.24) is 19.6 Å². The van der Waals surface area contributed by atoms with E-state index in [1.165, 1.54) is 5.56 Å². The lowest BCUT2D eigenvalue weighted by molar-refractivity contribution is -0.192. The Kier molecular flexibility index (Phi) is 6.38. The van der Waals surface area contributed by atoms with Gasteiger partial charge in [0.15, 0.2) is 0 Å². The number of rotatable bonds is 4. The third-order valence-corrected chi connectivity index (χ3v) is 5.10. The second kappa shape index (κ2) is 8.78. The fourth-order valence-corrected chi connectivity index (χ4v) is 3.54. The van der Waals surface area contributed by atoms with Crippen LogP contribution in [0.25, 0.3) is 0 Å². The van der Waals surface area contributed by atoms with Crippen molar-refractivity contribution in [3.05, 3.63) is 57.6 Å². The Morgan fingerprint density at radius 1 is 1.31 bits per heavy atom. The van der Waals surface area contributed by atoms with Crippen LogP contribution < -0.4 is 0 Å². The average Bonchev–Trinajstić information content (AvgIpc) is 3.38. The molecule has 29 heavy (non-hydrogen) atoms. The number of aromatic nitrogens is 3. The Morgan fingerprint density at radius 2 is 2.00 bits per heavy atom. The van der Waals surface area contributed by atoms with Gasteiger partial charge in [0.2, 0.25) is 0 Å². The molecule has 4 heterocycles. The summed E-state index contributed by atoms with van der Waals surface area (Å²) in [6.45, 7) is 5.62. The predicted octanol–water partition coefficient (Wildman–Crippen LogP) is 3.48. The standard InChI is InChI=1S/C16H18N4OS.C2HF3O2/c1-12-17-13(11-22-12)8-20-7-4-16-14(9-20)15(18-21-16)10-19-5-2-3-6-19;3-2(4,5)1(6)7/h2-3,5-6,11H,4,7-10H2,1H3;(H,6,7). The van der Waals surface area contributed by atoms with Gasteiger partial charge in [-0.15, -0.1) is 11.3 Å². The first-order valence-electron chi connectivity index (χ1n) is 8.73. The van der Waals surface area contributed by atoms with Gasteiger partial charge >= 0.3 is 12.1 Å². The minimum atomic E-state index is -5.08. The van der Waals surface area contributed by atoms with E-state index in [1.54, 1.807) is 11.3 Å². The summed E-state index contributed by atoms with van der Waals surface area (Å²) in [7, 11) is 0. The molecular formula is C18H19F3N4O3S. The Labute approximate surface area is 168 Å². The number of fused-ring (bicyclic) bond motifs is 1. The zero-order valence-electron chi connectivity index (χ0n) is 15.5. The second-order valence-electron chi connectivity index (χ2n) is 6.51. The molecule has 7 nitrogen and oxygen atoms in total. The number of aryl methyl sites for hydroxylation is 1. The molecule has 0 spiro atoms. The third-order valence-electron chi connectivity index (χ3n) is 4.28. The molecule has 0 unspecified atom stereocenters. The second-order valence-corrected chi connectivity index (χ2v) is 7.57. The maximum Gasteiger partial charge on any atom is 0.490 e. The minimum absolute atomic E-state index is 0.773. The van der Waals surface area contributed by atoms with Gasteiger partial charge in [0, 0.05) is 49.4 Å². The Bertz CT molecular complexity index is 950. The molecule has 0 aliphatic carbocycles. The number of hydrogen-bond acceptors (Lipinski definition) is 6. The Hall–Kier alpha value is -2.66. The van der Waals surface area contributed by atoms with E-state index in [2.05, 4.69) is 44.3 Å². The topological polar surface area (TPSA) is 84.4 Å². The van der Waals surface area contributed by atoms with Crippen LogP contribution in [0.2, 0.25) is 0 Å². The van der Waals surface area contributed by atoms with Gasteiger partial charge in [-0.1, -0.05) is 5.16 Å². The van der Waals surface area contributed by atoms with Gasteiger partial charge in [-0.25, -0.2) is 9.78 Å².